The van der Waals surface area contributed by atoms with Gasteiger partial charge in [-0.15, -0.1) is 0 Å². The Hall–Kier alpha value is -2.53. The average Bonchev–Trinajstić information content (AvgIpc) is 2.77. The predicted octanol–water partition coefficient (Wildman–Crippen LogP) is 4.61. The zero-order valence-electron chi connectivity index (χ0n) is 18.0. The Morgan fingerprint density at radius 1 is 1.03 bits per heavy atom. The molecule has 0 aliphatic rings. The van der Waals surface area contributed by atoms with E-state index >= 15 is 0 Å². The molecular weight excluding hydrogens is 400 g/mol. The third-order valence-electron chi connectivity index (χ3n) is 4.96. The van der Waals surface area contributed by atoms with Crippen molar-refractivity contribution in [2.75, 3.05) is 13.2 Å². The molecule has 0 fully saturated rings. The highest BCUT2D eigenvalue weighted by atomic mass is 35.5. The number of nitrogens with zero attached hydrogens (tertiary/aromatic N) is 1. The predicted molar refractivity (Wildman–Crippen MR) is 121 cm³/mol. The van der Waals surface area contributed by atoms with Gasteiger partial charge in [0.1, 0.15) is 11.8 Å². The summed E-state index contributed by atoms with van der Waals surface area (Å²) in [5.41, 5.74) is 2.10. The topological polar surface area (TPSA) is 58.6 Å². The first kappa shape index (κ1) is 23.7. The quantitative estimate of drug-likeness (QED) is 0.529. The first-order chi connectivity index (χ1) is 14.4. The van der Waals surface area contributed by atoms with Crippen molar-refractivity contribution in [3.63, 3.8) is 0 Å². The molecule has 2 rings (SSSR count). The van der Waals surface area contributed by atoms with Gasteiger partial charge < -0.3 is 15.0 Å². The highest BCUT2D eigenvalue weighted by Gasteiger charge is 2.26. The maximum Gasteiger partial charge on any atom is 0.261 e. The van der Waals surface area contributed by atoms with Crippen LogP contribution in [0.4, 0.5) is 0 Å². The zero-order chi connectivity index (χ0) is 21.9. The van der Waals surface area contributed by atoms with E-state index in [1.165, 1.54) is 5.56 Å². The van der Waals surface area contributed by atoms with Gasteiger partial charge in [0.05, 0.1) is 0 Å². The van der Waals surface area contributed by atoms with Crippen molar-refractivity contribution in [1.82, 2.24) is 10.2 Å². The molecule has 1 unspecified atom stereocenters. The van der Waals surface area contributed by atoms with E-state index < -0.39 is 6.04 Å². The van der Waals surface area contributed by atoms with Crippen molar-refractivity contribution in [3.8, 4) is 5.75 Å². The molecule has 0 aliphatic carbocycles. The van der Waals surface area contributed by atoms with Gasteiger partial charge in [0.15, 0.2) is 6.61 Å². The van der Waals surface area contributed by atoms with Gasteiger partial charge in [0.2, 0.25) is 5.91 Å². The smallest absolute Gasteiger partial charge is 0.261 e. The van der Waals surface area contributed by atoms with Crippen LogP contribution in [0.25, 0.3) is 0 Å². The van der Waals surface area contributed by atoms with E-state index in [2.05, 4.69) is 19.2 Å². The van der Waals surface area contributed by atoms with Crippen molar-refractivity contribution in [2.45, 2.75) is 52.6 Å². The van der Waals surface area contributed by atoms with Gasteiger partial charge in [0.25, 0.3) is 5.91 Å². The molecule has 0 radical (unpaired) electrons. The second-order valence-corrected chi connectivity index (χ2v) is 7.69. The molecule has 2 amide bonds. The fourth-order valence-electron chi connectivity index (χ4n) is 2.95. The summed E-state index contributed by atoms with van der Waals surface area (Å²) in [4.78, 5) is 27.1. The minimum atomic E-state index is -0.615. The van der Waals surface area contributed by atoms with Gasteiger partial charge >= 0.3 is 0 Å². The SMILES string of the molecule is CCCCNC(=O)C(C)N(Cc1ccc(Cl)cc1)C(=O)COc1ccc(CC)cc1. The summed E-state index contributed by atoms with van der Waals surface area (Å²) >= 11 is 5.97. The molecule has 30 heavy (non-hydrogen) atoms. The zero-order valence-corrected chi connectivity index (χ0v) is 18.7. The van der Waals surface area contributed by atoms with Crippen LogP contribution in [-0.2, 0) is 22.6 Å². The van der Waals surface area contributed by atoms with Crippen LogP contribution >= 0.6 is 11.6 Å². The highest BCUT2D eigenvalue weighted by molar-refractivity contribution is 6.30. The molecular formula is C24H31ClN2O3. The van der Waals surface area contributed by atoms with E-state index in [9.17, 15) is 9.59 Å². The standard InChI is InChI=1S/C24H31ClN2O3/c1-4-6-15-26-24(29)18(3)27(16-20-7-11-21(25)12-8-20)23(28)17-30-22-13-9-19(5-2)10-14-22/h7-14,18H,4-6,15-17H2,1-3H3,(H,26,29). The minimum Gasteiger partial charge on any atom is -0.484 e. The number of halogens is 1. The normalized spacial score (nSPS) is 11.6. The van der Waals surface area contributed by atoms with Crippen molar-refractivity contribution >= 4 is 23.4 Å². The van der Waals surface area contributed by atoms with Gasteiger partial charge in [-0.05, 0) is 55.2 Å². The first-order valence-corrected chi connectivity index (χ1v) is 10.9. The lowest BCUT2D eigenvalue weighted by atomic mass is 10.1. The molecule has 0 bridgehead atoms. The average molecular weight is 431 g/mol. The molecule has 0 aliphatic heterocycles. The van der Waals surface area contributed by atoms with Crippen molar-refractivity contribution in [3.05, 3.63) is 64.7 Å². The van der Waals surface area contributed by atoms with E-state index in [0.717, 1.165) is 24.8 Å². The van der Waals surface area contributed by atoms with E-state index in [0.29, 0.717) is 23.9 Å². The van der Waals surface area contributed by atoms with Crippen LogP contribution in [0.1, 0.15) is 44.7 Å². The summed E-state index contributed by atoms with van der Waals surface area (Å²) in [6.45, 7) is 6.66. The molecule has 1 N–H and O–H groups in total. The fraction of sp³-hybridized carbons (Fsp3) is 0.417. The minimum absolute atomic E-state index is 0.133. The van der Waals surface area contributed by atoms with Crippen molar-refractivity contribution < 1.29 is 14.3 Å². The Labute approximate surface area is 184 Å². The van der Waals surface area contributed by atoms with E-state index in [-0.39, 0.29) is 18.4 Å². The van der Waals surface area contributed by atoms with Gasteiger partial charge in [-0.3, -0.25) is 9.59 Å². The van der Waals surface area contributed by atoms with Crippen molar-refractivity contribution in [1.29, 1.82) is 0 Å². The van der Waals surface area contributed by atoms with Crippen LogP contribution in [0.3, 0.4) is 0 Å². The highest BCUT2D eigenvalue weighted by Crippen LogP contribution is 2.16. The van der Waals surface area contributed by atoms with E-state index in [1.54, 1.807) is 24.0 Å². The number of aryl methyl sites for hydroxylation is 1. The molecule has 162 valence electrons. The number of unbranched alkanes of at least 4 members (excludes halogenated alkanes) is 1. The number of carbonyl (C=O) groups is 2. The van der Waals surface area contributed by atoms with Crippen molar-refractivity contribution in [2.24, 2.45) is 0 Å². The van der Waals surface area contributed by atoms with E-state index in [4.69, 9.17) is 16.3 Å². The molecule has 6 heteroatoms. The number of hydrogen-bond acceptors (Lipinski definition) is 3. The molecule has 1 atom stereocenters. The van der Waals surface area contributed by atoms with Crippen LogP contribution in [0.2, 0.25) is 5.02 Å². The second-order valence-electron chi connectivity index (χ2n) is 7.25. The Balaban J connectivity index is 2.08. The molecule has 0 aromatic heterocycles. The fourth-order valence-corrected chi connectivity index (χ4v) is 3.08. The number of nitrogens with one attached hydrogen (secondary N) is 1. The Bertz CT molecular complexity index is 806. The molecule has 0 spiro atoms. The monoisotopic (exact) mass is 430 g/mol. The molecule has 2 aromatic carbocycles. The van der Waals surface area contributed by atoms with Crippen LogP contribution < -0.4 is 10.1 Å². The maximum absolute atomic E-state index is 13.0. The summed E-state index contributed by atoms with van der Waals surface area (Å²) < 4.78 is 5.69. The van der Waals surface area contributed by atoms with Gasteiger partial charge in [-0.25, -0.2) is 0 Å². The lowest BCUT2D eigenvalue weighted by Crippen LogP contribution is -2.49. The molecule has 0 saturated carbocycles. The third kappa shape index (κ3) is 7.38. The molecule has 2 aromatic rings. The van der Waals surface area contributed by atoms with Gasteiger partial charge in [0, 0.05) is 18.1 Å². The lowest BCUT2D eigenvalue weighted by Gasteiger charge is -2.28. The Kier molecular flexibility index (Phi) is 9.68. The summed E-state index contributed by atoms with van der Waals surface area (Å²) in [5, 5.41) is 3.53. The molecule has 5 nitrogen and oxygen atoms in total. The number of hydrogen-bond donors (Lipinski definition) is 1. The van der Waals surface area contributed by atoms with E-state index in [1.807, 2.05) is 36.4 Å². The Morgan fingerprint density at radius 3 is 2.27 bits per heavy atom. The number of rotatable bonds is 11. The largest absolute Gasteiger partial charge is 0.484 e. The Morgan fingerprint density at radius 2 is 1.67 bits per heavy atom. The van der Waals surface area contributed by atoms with Crippen LogP contribution in [0.15, 0.2) is 48.5 Å². The molecule has 0 heterocycles. The van der Waals surface area contributed by atoms with Gasteiger partial charge in [-0.1, -0.05) is 56.1 Å². The number of benzene rings is 2. The summed E-state index contributed by atoms with van der Waals surface area (Å²) in [7, 11) is 0. The summed E-state index contributed by atoms with van der Waals surface area (Å²) in [5.74, 6) is 0.216. The lowest BCUT2D eigenvalue weighted by molar-refractivity contribution is -0.142. The first-order valence-electron chi connectivity index (χ1n) is 10.5. The second kappa shape index (κ2) is 12.2. The summed E-state index contributed by atoms with van der Waals surface area (Å²) in [6.07, 6.45) is 2.84. The maximum atomic E-state index is 13.0. The van der Waals surface area contributed by atoms with Crippen LogP contribution in [0, 0.1) is 0 Å². The number of amides is 2. The van der Waals surface area contributed by atoms with Crippen LogP contribution in [0.5, 0.6) is 5.75 Å². The molecule has 0 saturated heterocycles. The number of carbonyl (C=O) groups excluding carboxylic acids is 2. The summed E-state index contributed by atoms with van der Waals surface area (Å²) in [6, 6.07) is 14.3. The van der Waals surface area contributed by atoms with Gasteiger partial charge in [-0.2, -0.15) is 0 Å². The third-order valence-corrected chi connectivity index (χ3v) is 5.21. The number of ether oxygens (including phenoxy) is 1. The van der Waals surface area contributed by atoms with Crippen LogP contribution in [-0.4, -0.2) is 35.9 Å².